The molecule has 0 unspecified atom stereocenters. The molecule has 0 aliphatic rings. The molecule has 8 heteroatoms. The highest BCUT2D eigenvalue weighted by Crippen LogP contribution is 2.30. The van der Waals surface area contributed by atoms with Gasteiger partial charge in [-0.3, -0.25) is 4.79 Å². The smallest absolute Gasteiger partial charge is 0.264 e. The monoisotopic (exact) mass is 441 g/mol. The summed E-state index contributed by atoms with van der Waals surface area (Å²) in [6, 6.07) is 4.48. The maximum Gasteiger partial charge on any atom is 0.264 e. The number of halogens is 5. The number of rotatable bonds is 5. The van der Waals surface area contributed by atoms with Gasteiger partial charge in [-0.2, -0.15) is 0 Å². The summed E-state index contributed by atoms with van der Waals surface area (Å²) in [4.78, 5) is 12.0. The van der Waals surface area contributed by atoms with Gasteiger partial charge in [-0.1, -0.05) is 0 Å². The van der Waals surface area contributed by atoms with E-state index in [1.165, 1.54) is 12.1 Å². The maximum atomic E-state index is 14.2. The lowest BCUT2D eigenvalue weighted by atomic mass is 10.1. The number of aromatic nitrogens is 1. The van der Waals surface area contributed by atoms with Crippen LogP contribution in [0.2, 0.25) is 0 Å². The van der Waals surface area contributed by atoms with Gasteiger partial charge in [-0.05, 0) is 41.6 Å². The van der Waals surface area contributed by atoms with E-state index in [2.05, 4.69) is 0 Å². The molecule has 0 aliphatic carbocycles. The summed E-state index contributed by atoms with van der Waals surface area (Å²) < 4.78 is 59.8. The zero-order valence-electron chi connectivity index (χ0n) is 12.0. The number of nitrogens with zero attached hydrogens (tertiary/aromatic N) is 1. The van der Waals surface area contributed by atoms with Crippen LogP contribution >= 0.6 is 22.6 Å². The molecule has 2 aromatic rings. The number of benzene rings is 1. The molecule has 1 aromatic carbocycles. The molecule has 3 nitrogen and oxygen atoms in total. The van der Waals surface area contributed by atoms with Crippen LogP contribution in [0.3, 0.4) is 0 Å². The second kappa shape index (κ2) is 7.33. The van der Waals surface area contributed by atoms with Crippen LogP contribution in [0.25, 0.3) is 11.3 Å². The van der Waals surface area contributed by atoms with E-state index in [9.17, 15) is 22.4 Å². The van der Waals surface area contributed by atoms with Gasteiger partial charge in [0.15, 0.2) is 0 Å². The van der Waals surface area contributed by atoms with E-state index in [-0.39, 0.29) is 21.6 Å². The molecule has 0 spiro atoms. The number of ether oxygens (including phenoxy) is 1. The molecule has 0 fully saturated rings. The van der Waals surface area contributed by atoms with Gasteiger partial charge in [0.25, 0.3) is 12.0 Å². The first-order chi connectivity index (χ1) is 10.8. The Hall–Kier alpha value is -1.58. The molecule has 0 bridgehead atoms. The van der Waals surface area contributed by atoms with Crippen molar-refractivity contribution in [3.63, 3.8) is 0 Å². The fraction of sp³-hybridized carbons (Fsp3) is 0.267. The molecular formula is C15H12F4INO2. The molecule has 0 amide bonds. The summed E-state index contributed by atoms with van der Waals surface area (Å²) in [5.74, 6) is -1.99. The van der Waals surface area contributed by atoms with Crippen LogP contribution in [0, 0.1) is 15.2 Å². The fourth-order valence-corrected chi connectivity index (χ4v) is 2.60. The third-order valence-electron chi connectivity index (χ3n) is 3.03. The molecule has 0 N–H and O–H groups in total. The highest BCUT2D eigenvalue weighted by atomic mass is 127. The van der Waals surface area contributed by atoms with Gasteiger partial charge in [0.1, 0.15) is 17.4 Å². The van der Waals surface area contributed by atoms with Gasteiger partial charge in [0.05, 0.1) is 28.0 Å². The molecule has 0 saturated heterocycles. The Morgan fingerprint density at radius 1 is 1.22 bits per heavy atom. The lowest BCUT2D eigenvalue weighted by Crippen LogP contribution is -2.27. The lowest BCUT2D eigenvalue weighted by molar-refractivity contribution is 0.125. The van der Waals surface area contributed by atoms with Crippen LogP contribution in [0.1, 0.15) is 6.92 Å². The van der Waals surface area contributed by atoms with Crippen molar-refractivity contribution < 1.29 is 22.3 Å². The van der Waals surface area contributed by atoms with Crippen LogP contribution in [-0.2, 0) is 6.54 Å². The van der Waals surface area contributed by atoms with Gasteiger partial charge in [0.2, 0.25) is 0 Å². The molecule has 0 saturated carbocycles. The average molecular weight is 441 g/mol. The van der Waals surface area contributed by atoms with Crippen molar-refractivity contribution >= 4 is 22.6 Å². The topological polar surface area (TPSA) is 31.2 Å². The normalized spacial score (nSPS) is 11.1. The fourth-order valence-electron chi connectivity index (χ4n) is 2.13. The summed E-state index contributed by atoms with van der Waals surface area (Å²) in [7, 11) is 0. The summed E-state index contributed by atoms with van der Waals surface area (Å²) in [5.41, 5.74) is -1.51. The van der Waals surface area contributed by atoms with E-state index >= 15 is 0 Å². The highest BCUT2D eigenvalue weighted by Gasteiger charge is 2.20. The van der Waals surface area contributed by atoms with Gasteiger partial charge in [-0.15, -0.1) is 0 Å². The minimum Gasteiger partial charge on any atom is -0.494 e. The van der Waals surface area contributed by atoms with Crippen LogP contribution in [0.4, 0.5) is 17.6 Å². The van der Waals surface area contributed by atoms with Crippen molar-refractivity contribution in [1.82, 2.24) is 4.57 Å². The molecule has 1 aromatic heterocycles. The van der Waals surface area contributed by atoms with E-state index in [4.69, 9.17) is 4.74 Å². The Morgan fingerprint density at radius 2 is 1.83 bits per heavy atom. The van der Waals surface area contributed by atoms with Crippen molar-refractivity contribution in [3.05, 3.63) is 49.8 Å². The number of alkyl halides is 2. The van der Waals surface area contributed by atoms with E-state index in [0.717, 1.165) is 12.1 Å². The van der Waals surface area contributed by atoms with E-state index in [1.807, 2.05) is 0 Å². The first-order valence-corrected chi connectivity index (χ1v) is 7.72. The average Bonchev–Trinajstić information content (AvgIpc) is 2.45. The second-order valence-corrected chi connectivity index (χ2v) is 5.73. The van der Waals surface area contributed by atoms with Crippen LogP contribution < -0.4 is 10.3 Å². The Bertz CT molecular complexity index is 754. The molecule has 1 heterocycles. The van der Waals surface area contributed by atoms with Crippen LogP contribution in [-0.4, -0.2) is 17.6 Å². The number of hydrogen-bond donors (Lipinski definition) is 0. The van der Waals surface area contributed by atoms with Gasteiger partial charge in [-0.25, -0.2) is 17.6 Å². The molecule has 0 radical (unpaired) electrons. The van der Waals surface area contributed by atoms with Gasteiger partial charge >= 0.3 is 0 Å². The second-order valence-electron chi connectivity index (χ2n) is 4.57. The van der Waals surface area contributed by atoms with Crippen LogP contribution in [0.5, 0.6) is 5.75 Å². The van der Waals surface area contributed by atoms with Crippen molar-refractivity contribution in [3.8, 4) is 17.0 Å². The minimum atomic E-state index is -2.83. The van der Waals surface area contributed by atoms with Crippen molar-refractivity contribution in [2.24, 2.45) is 0 Å². The summed E-state index contributed by atoms with van der Waals surface area (Å²) in [6.07, 6.45) is -2.83. The summed E-state index contributed by atoms with van der Waals surface area (Å²) >= 11 is 1.68. The molecule has 124 valence electrons. The Morgan fingerprint density at radius 3 is 2.35 bits per heavy atom. The predicted octanol–water partition coefficient (Wildman–Crippen LogP) is 4.06. The standard InChI is InChI=1S/C15H12F4INO2/c1-2-23-8-5-9(16)14(10(17)6-8)12-4-3-11(20)15(22)21(12)7-13(18)19/h3-6,13H,2,7H2,1H3. The van der Waals surface area contributed by atoms with Crippen LogP contribution in [0.15, 0.2) is 29.1 Å². The SMILES string of the molecule is CCOc1cc(F)c(-c2ccc(I)c(=O)n2CC(F)F)c(F)c1. The Kier molecular flexibility index (Phi) is 5.66. The maximum absolute atomic E-state index is 14.2. The molecule has 23 heavy (non-hydrogen) atoms. The summed E-state index contributed by atoms with van der Waals surface area (Å²) in [6.45, 7) is 0.929. The van der Waals surface area contributed by atoms with E-state index < -0.39 is 35.7 Å². The first kappa shape index (κ1) is 17.8. The first-order valence-electron chi connectivity index (χ1n) is 6.64. The van der Waals surface area contributed by atoms with E-state index in [0.29, 0.717) is 4.57 Å². The molecule has 2 rings (SSSR count). The third-order valence-corrected chi connectivity index (χ3v) is 3.85. The molecule has 0 aliphatic heterocycles. The zero-order chi connectivity index (χ0) is 17.1. The lowest BCUT2D eigenvalue weighted by Gasteiger charge is -2.15. The Balaban J connectivity index is 2.67. The van der Waals surface area contributed by atoms with Gasteiger partial charge < -0.3 is 9.30 Å². The van der Waals surface area contributed by atoms with Crippen molar-refractivity contribution in [2.45, 2.75) is 19.9 Å². The largest absolute Gasteiger partial charge is 0.494 e. The van der Waals surface area contributed by atoms with Crippen molar-refractivity contribution in [1.29, 1.82) is 0 Å². The Labute approximate surface area is 143 Å². The molecular weight excluding hydrogens is 429 g/mol. The number of hydrogen-bond acceptors (Lipinski definition) is 2. The van der Waals surface area contributed by atoms with Crippen molar-refractivity contribution in [2.75, 3.05) is 6.61 Å². The van der Waals surface area contributed by atoms with E-state index in [1.54, 1.807) is 29.5 Å². The summed E-state index contributed by atoms with van der Waals surface area (Å²) in [5, 5.41) is 0. The highest BCUT2D eigenvalue weighted by molar-refractivity contribution is 14.1. The molecule has 0 atom stereocenters. The van der Waals surface area contributed by atoms with Gasteiger partial charge in [0, 0.05) is 12.1 Å². The zero-order valence-corrected chi connectivity index (χ0v) is 14.1. The minimum absolute atomic E-state index is 0.0143. The third kappa shape index (κ3) is 3.85. The quantitative estimate of drug-likeness (QED) is 0.518. The number of pyridine rings is 1. The predicted molar refractivity (Wildman–Crippen MR) is 85.9 cm³/mol.